The molecular weight excluding hydrogens is 346 g/mol. The third kappa shape index (κ3) is 3.40. The highest BCUT2D eigenvalue weighted by molar-refractivity contribution is 6.17. The van der Waals surface area contributed by atoms with Crippen molar-refractivity contribution < 1.29 is 33.7 Å². The van der Waals surface area contributed by atoms with Crippen LogP contribution in [0.1, 0.15) is 6.92 Å². The number of benzene rings is 1. The summed E-state index contributed by atoms with van der Waals surface area (Å²) in [6.45, 7) is 1.45. The molecule has 138 valence electrons. The van der Waals surface area contributed by atoms with E-state index >= 15 is 0 Å². The Labute approximate surface area is 148 Å². The van der Waals surface area contributed by atoms with Crippen LogP contribution in [0, 0.1) is 0 Å². The number of anilines is 2. The van der Waals surface area contributed by atoms with Crippen molar-refractivity contribution in [3.63, 3.8) is 0 Å². The Morgan fingerprint density at radius 3 is 2.62 bits per heavy atom. The molecule has 26 heavy (non-hydrogen) atoms. The Bertz CT molecular complexity index is 790. The number of hydrogen-bond donors (Lipinski definition) is 3. The average molecular weight is 363 g/mol. The quantitative estimate of drug-likeness (QED) is 0.629. The van der Waals surface area contributed by atoms with Crippen LogP contribution >= 0.6 is 0 Å². The molecule has 0 bridgehead atoms. The molecule has 10 nitrogen and oxygen atoms in total. The first-order valence-electron chi connectivity index (χ1n) is 7.86. The van der Waals surface area contributed by atoms with Gasteiger partial charge in [-0.1, -0.05) is 0 Å². The maximum absolute atomic E-state index is 12.3. The molecule has 10 heteroatoms. The van der Waals surface area contributed by atoms with Gasteiger partial charge in [-0.3, -0.25) is 19.8 Å². The summed E-state index contributed by atoms with van der Waals surface area (Å²) in [7, 11) is 0. The largest absolute Gasteiger partial charge is 0.454 e. The monoisotopic (exact) mass is 363 g/mol. The van der Waals surface area contributed by atoms with E-state index in [9.17, 15) is 14.4 Å². The number of fused-ring (bicyclic) bond motifs is 1. The number of imide groups is 1. The van der Waals surface area contributed by atoms with Crippen molar-refractivity contribution in [2.24, 2.45) is 0 Å². The molecule has 2 aliphatic rings. The van der Waals surface area contributed by atoms with Crippen molar-refractivity contribution in [2.45, 2.75) is 6.92 Å². The molecule has 0 fully saturated rings. The van der Waals surface area contributed by atoms with Crippen LogP contribution in [-0.4, -0.2) is 54.5 Å². The highest BCUT2D eigenvalue weighted by Gasteiger charge is 2.31. The molecule has 2 heterocycles. The van der Waals surface area contributed by atoms with E-state index < -0.39 is 17.9 Å². The summed E-state index contributed by atoms with van der Waals surface area (Å²) in [5.74, 6) is -0.269. The number of aliphatic hydroxyl groups excluding tert-OH is 1. The SMILES string of the molecule is CCOC(=O)Nc1cc2c(cc1NC1=CC(=O)N(CCO)C1=O)OCO2. The first-order valence-corrected chi connectivity index (χ1v) is 7.86. The normalized spacial score (nSPS) is 15.2. The minimum absolute atomic E-state index is 0.00854. The van der Waals surface area contributed by atoms with Gasteiger partial charge in [0, 0.05) is 18.2 Å². The number of amides is 3. The standard InChI is InChI=1S/C16H17N3O7/c1-2-24-16(23)18-10-6-13-12(25-8-26-13)5-9(10)17-11-7-14(21)19(3-4-20)15(11)22/h5-7,17,20H,2-4,8H2,1H3,(H,18,23). The molecule has 3 amide bonds. The Kier molecular flexibility index (Phi) is 4.94. The first kappa shape index (κ1) is 17.5. The lowest BCUT2D eigenvalue weighted by atomic mass is 10.2. The molecule has 1 aromatic rings. The van der Waals surface area contributed by atoms with Crippen LogP contribution in [0.2, 0.25) is 0 Å². The smallest absolute Gasteiger partial charge is 0.411 e. The minimum atomic E-state index is -0.681. The summed E-state index contributed by atoms with van der Waals surface area (Å²) < 4.78 is 15.4. The molecule has 0 saturated heterocycles. The van der Waals surface area contributed by atoms with E-state index in [1.165, 1.54) is 12.1 Å². The van der Waals surface area contributed by atoms with Gasteiger partial charge in [-0.2, -0.15) is 0 Å². The van der Waals surface area contributed by atoms with Crippen molar-refractivity contribution in [1.29, 1.82) is 0 Å². The number of rotatable bonds is 6. The molecule has 0 radical (unpaired) electrons. The van der Waals surface area contributed by atoms with Gasteiger partial charge in [0.2, 0.25) is 6.79 Å². The Morgan fingerprint density at radius 1 is 1.27 bits per heavy atom. The number of carbonyl (C=O) groups excluding carboxylic acids is 3. The molecule has 0 saturated carbocycles. The van der Waals surface area contributed by atoms with Gasteiger partial charge in [0.25, 0.3) is 11.8 Å². The number of ether oxygens (including phenoxy) is 3. The van der Waals surface area contributed by atoms with Crippen LogP contribution in [0.5, 0.6) is 11.5 Å². The zero-order valence-electron chi connectivity index (χ0n) is 13.9. The second-order valence-corrected chi connectivity index (χ2v) is 5.30. The summed E-state index contributed by atoms with van der Waals surface area (Å²) in [5.41, 5.74) is 0.615. The van der Waals surface area contributed by atoms with Crippen molar-refractivity contribution in [3.8, 4) is 11.5 Å². The van der Waals surface area contributed by atoms with Crippen molar-refractivity contribution in [1.82, 2.24) is 4.90 Å². The lowest BCUT2D eigenvalue weighted by molar-refractivity contribution is -0.137. The number of nitrogens with zero attached hydrogens (tertiary/aromatic N) is 1. The van der Waals surface area contributed by atoms with Gasteiger partial charge >= 0.3 is 6.09 Å². The molecular formula is C16H17N3O7. The summed E-state index contributed by atoms with van der Waals surface area (Å²) in [6.07, 6.45) is 0.440. The number of hydrogen-bond acceptors (Lipinski definition) is 8. The van der Waals surface area contributed by atoms with E-state index in [2.05, 4.69) is 10.6 Å². The fourth-order valence-corrected chi connectivity index (χ4v) is 2.48. The number of β-amino-alcohol motifs (C(OH)–C–C–N with tert-alkyl or cyclic N) is 1. The zero-order chi connectivity index (χ0) is 18.7. The Morgan fingerprint density at radius 2 is 1.96 bits per heavy atom. The summed E-state index contributed by atoms with van der Waals surface area (Å²) in [4.78, 5) is 36.8. The molecule has 0 atom stereocenters. The Hall–Kier alpha value is -3.27. The summed E-state index contributed by atoms with van der Waals surface area (Å²) in [5, 5.41) is 14.3. The van der Waals surface area contributed by atoms with E-state index in [0.717, 1.165) is 11.0 Å². The average Bonchev–Trinajstić information content (AvgIpc) is 3.15. The number of nitrogens with one attached hydrogen (secondary N) is 2. The predicted molar refractivity (Wildman–Crippen MR) is 88.7 cm³/mol. The first-order chi connectivity index (χ1) is 12.5. The third-order valence-electron chi connectivity index (χ3n) is 3.63. The maximum Gasteiger partial charge on any atom is 0.411 e. The molecule has 3 rings (SSSR count). The molecule has 0 spiro atoms. The molecule has 2 aliphatic heterocycles. The summed E-state index contributed by atoms with van der Waals surface area (Å²) >= 11 is 0. The third-order valence-corrected chi connectivity index (χ3v) is 3.63. The van der Waals surface area contributed by atoms with Gasteiger partial charge in [-0.25, -0.2) is 4.79 Å². The molecule has 0 aromatic heterocycles. The van der Waals surface area contributed by atoms with Gasteiger partial charge < -0.3 is 24.6 Å². The van der Waals surface area contributed by atoms with E-state index in [-0.39, 0.29) is 37.9 Å². The topological polar surface area (TPSA) is 126 Å². The highest BCUT2D eigenvalue weighted by Crippen LogP contribution is 2.40. The van der Waals surface area contributed by atoms with Crippen LogP contribution in [-0.2, 0) is 14.3 Å². The van der Waals surface area contributed by atoms with Crippen LogP contribution < -0.4 is 20.1 Å². The summed E-state index contributed by atoms with van der Waals surface area (Å²) in [6, 6.07) is 3.06. The van der Waals surface area contributed by atoms with E-state index in [1.807, 2.05) is 0 Å². The number of carbonyl (C=O) groups is 3. The van der Waals surface area contributed by atoms with E-state index in [0.29, 0.717) is 17.2 Å². The lowest BCUT2D eigenvalue weighted by Gasteiger charge is -2.16. The zero-order valence-corrected chi connectivity index (χ0v) is 13.9. The van der Waals surface area contributed by atoms with Crippen molar-refractivity contribution >= 4 is 29.3 Å². The van der Waals surface area contributed by atoms with Crippen molar-refractivity contribution in [2.75, 3.05) is 37.2 Å². The van der Waals surface area contributed by atoms with Crippen LogP contribution in [0.25, 0.3) is 0 Å². The predicted octanol–water partition coefficient (Wildman–Crippen LogP) is 0.641. The lowest BCUT2D eigenvalue weighted by Crippen LogP contribution is -2.34. The van der Waals surface area contributed by atoms with Crippen LogP contribution in [0.15, 0.2) is 23.9 Å². The van der Waals surface area contributed by atoms with Gasteiger partial charge in [0.1, 0.15) is 5.70 Å². The van der Waals surface area contributed by atoms with Crippen LogP contribution in [0.3, 0.4) is 0 Å². The second-order valence-electron chi connectivity index (χ2n) is 5.30. The fourth-order valence-electron chi connectivity index (χ4n) is 2.48. The fraction of sp³-hybridized carbons (Fsp3) is 0.312. The van der Waals surface area contributed by atoms with Crippen molar-refractivity contribution in [3.05, 3.63) is 23.9 Å². The van der Waals surface area contributed by atoms with Crippen LogP contribution in [0.4, 0.5) is 16.2 Å². The molecule has 0 unspecified atom stereocenters. The second kappa shape index (κ2) is 7.31. The molecule has 1 aromatic carbocycles. The van der Waals surface area contributed by atoms with Gasteiger partial charge in [0.05, 0.1) is 31.1 Å². The van der Waals surface area contributed by atoms with Gasteiger partial charge in [-0.15, -0.1) is 0 Å². The maximum atomic E-state index is 12.3. The van der Waals surface area contributed by atoms with E-state index in [1.54, 1.807) is 6.92 Å². The Balaban J connectivity index is 1.87. The van der Waals surface area contributed by atoms with Gasteiger partial charge in [-0.05, 0) is 6.92 Å². The highest BCUT2D eigenvalue weighted by atomic mass is 16.7. The molecule has 3 N–H and O–H groups in total. The molecule has 0 aliphatic carbocycles. The minimum Gasteiger partial charge on any atom is -0.454 e. The van der Waals surface area contributed by atoms with Gasteiger partial charge in [0.15, 0.2) is 11.5 Å². The van der Waals surface area contributed by atoms with E-state index in [4.69, 9.17) is 19.3 Å². The number of aliphatic hydroxyl groups is 1.